The summed E-state index contributed by atoms with van der Waals surface area (Å²) in [5.74, 6) is -1.35. The highest BCUT2D eigenvalue weighted by atomic mass is 32.2. The number of carbonyl (C=O) groups excluding carboxylic acids is 6. The highest BCUT2D eigenvalue weighted by Gasteiger charge is 2.29. The predicted molar refractivity (Wildman–Crippen MR) is 182 cm³/mol. The molecule has 274 valence electrons. The van der Waals surface area contributed by atoms with Crippen LogP contribution in [-0.4, -0.2) is 82.9 Å². The molecule has 49 heavy (non-hydrogen) atoms. The van der Waals surface area contributed by atoms with E-state index >= 15 is 0 Å². The van der Waals surface area contributed by atoms with Crippen molar-refractivity contribution in [1.29, 1.82) is 0 Å². The summed E-state index contributed by atoms with van der Waals surface area (Å²) in [5.41, 5.74) is 4.55. The molecule has 1 saturated heterocycles. The highest BCUT2D eigenvalue weighted by molar-refractivity contribution is 8.00. The quantitative estimate of drug-likeness (QED) is 0.104. The van der Waals surface area contributed by atoms with Gasteiger partial charge in [-0.2, -0.15) is 4.98 Å². The number of unbranched alkanes of at least 4 members (excludes halogenated alkanes) is 2. The van der Waals surface area contributed by atoms with Crippen LogP contribution in [0.2, 0.25) is 0 Å². The number of thioether (sulfide) groups is 1. The Morgan fingerprint density at radius 3 is 2.16 bits per heavy atom. The van der Waals surface area contributed by atoms with Crippen LogP contribution in [0.1, 0.15) is 97.1 Å². The third-order valence-corrected chi connectivity index (χ3v) is 9.29. The first-order valence-corrected chi connectivity index (χ1v) is 17.9. The zero-order chi connectivity index (χ0) is 36.2. The van der Waals surface area contributed by atoms with E-state index in [2.05, 4.69) is 20.4 Å². The summed E-state index contributed by atoms with van der Waals surface area (Å²) in [5, 5.41) is 5.54. The van der Waals surface area contributed by atoms with Gasteiger partial charge in [0.05, 0.1) is 20.0 Å². The van der Waals surface area contributed by atoms with Crippen molar-refractivity contribution in [3.8, 4) is 0 Å². The number of nitrogens with two attached hydrogens (primary N) is 1. The van der Waals surface area contributed by atoms with Crippen molar-refractivity contribution in [2.45, 2.75) is 103 Å². The van der Waals surface area contributed by atoms with Gasteiger partial charge in [-0.05, 0) is 45.1 Å². The molecule has 15 nitrogen and oxygen atoms in total. The van der Waals surface area contributed by atoms with E-state index in [9.17, 15) is 33.6 Å². The molecular weight excluding hydrogens is 658 g/mol. The predicted octanol–water partition coefficient (Wildman–Crippen LogP) is 2.45. The molecular formula is C33H51N5O10S. The van der Waals surface area contributed by atoms with Crippen LogP contribution in [0.4, 0.5) is 5.82 Å². The Balaban J connectivity index is 1.56. The van der Waals surface area contributed by atoms with Gasteiger partial charge >= 0.3 is 17.6 Å². The number of ether oxygens (including phenoxy) is 3. The number of nitrogens with zero attached hydrogens (tertiary/aromatic N) is 2. The number of methoxy groups -OCH3 is 1. The molecule has 4 N–H and O–H groups in total. The van der Waals surface area contributed by atoms with Crippen LogP contribution in [0.15, 0.2) is 17.1 Å². The molecule has 0 aromatic carbocycles. The smallest absolute Gasteiger partial charge is 0.351 e. The van der Waals surface area contributed by atoms with E-state index in [1.165, 1.54) is 42.6 Å². The van der Waals surface area contributed by atoms with E-state index in [1.54, 1.807) is 0 Å². The number of nitrogens with one attached hydrogen (secondary N) is 2. The monoisotopic (exact) mass is 709 g/mol. The Hall–Kier alpha value is -3.79. The maximum atomic E-state index is 13.0. The van der Waals surface area contributed by atoms with Crippen LogP contribution in [0.5, 0.6) is 0 Å². The van der Waals surface area contributed by atoms with E-state index in [1.807, 2.05) is 6.92 Å². The average Bonchev–Trinajstić information content (AvgIpc) is 3.54. The second-order valence-corrected chi connectivity index (χ2v) is 13.1. The third kappa shape index (κ3) is 16.4. The summed E-state index contributed by atoms with van der Waals surface area (Å²) in [6.07, 6.45) is 5.79. The van der Waals surface area contributed by atoms with Gasteiger partial charge in [0.15, 0.2) is 0 Å². The van der Waals surface area contributed by atoms with Crippen molar-refractivity contribution < 1.29 is 43.0 Å². The second kappa shape index (κ2) is 22.8. The molecule has 16 heteroatoms. The van der Waals surface area contributed by atoms with Crippen molar-refractivity contribution in [3.63, 3.8) is 0 Å². The summed E-state index contributed by atoms with van der Waals surface area (Å²) in [6, 6.07) is 1.50. The minimum atomic E-state index is -0.542. The Kier molecular flexibility index (Phi) is 19.2. The van der Waals surface area contributed by atoms with E-state index in [0.717, 1.165) is 6.42 Å². The minimum absolute atomic E-state index is 0.0102. The van der Waals surface area contributed by atoms with E-state index < -0.39 is 29.3 Å². The molecule has 0 bridgehead atoms. The summed E-state index contributed by atoms with van der Waals surface area (Å²) in [4.78, 5) is 88.2. The first-order valence-electron chi connectivity index (χ1n) is 16.8. The summed E-state index contributed by atoms with van der Waals surface area (Å²) >= 11 is 1.40. The lowest BCUT2D eigenvalue weighted by Gasteiger charge is -2.18. The Labute approximate surface area is 291 Å². The van der Waals surface area contributed by atoms with Gasteiger partial charge in [-0.3, -0.25) is 33.3 Å². The molecule has 2 rings (SSSR count). The lowest BCUT2D eigenvalue weighted by Crippen LogP contribution is -2.29. The minimum Gasteiger partial charge on any atom is -0.469 e. The van der Waals surface area contributed by atoms with Gasteiger partial charge in [0, 0.05) is 56.1 Å². The number of aromatic nitrogens is 2. The fourth-order valence-electron chi connectivity index (χ4n) is 5.20. The topological polar surface area (TPSA) is 215 Å². The second-order valence-electron chi connectivity index (χ2n) is 11.9. The molecule has 0 spiro atoms. The third-order valence-electron chi connectivity index (χ3n) is 8.19. The first-order chi connectivity index (χ1) is 23.4. The number of esters is 2. The summed E-state index contributed by atoms with van der Waals surface area (Å²) in [7, 11) is 1.27. The van der Waals surface area contributed by atoms with Crippen molar-refractivity contribution >= 4 is 52.9 Å². The first kappa shape index (κ1) is 41.4. The highest BCUT2D eigenvalue weighted by Crippen LogP contribution is 2.31. The number of carbonyl (C=O) groups is 6. The van der Waals surface area contributed by atoms with Crippen molar-refractivity contribution in [3.05, 3.63) is 22.7 Å². The molecule has 1 aliphatic rings. The number of amides is 2. The maximum Gasteiger partial charge on any atom is 0.351 e. The average molecular weight is 710 g/mol. The number of rotatable bonds is 24. The molecule has 0 saturated carbocycles. The van der Waals surface area contributed by atoms with E-state index in [4.69, 9.17) is 15.2 Å². The van der Waals surface area contributed by atoms with Crippen molar-refractivity contribution in [2.24, 2.45) is 11.8 Å². The largest absolute Gasteiger partial charge is 0.469 e. The van der Waals surface area contributed by atoms with Gasteiger partial charge in [0.25, 0.3) is 0 Å². The van der Waals surface area contributed by atoms with Gasteiger partial charge in [0.2, 0.25) is 11.8 Å². The fraction of sp³-hybridized carbons (Fsp3) is 0.697. The Morgan fingerprint density at radius 2 is 1.59 bits per heavy atom. The summed E-state index contributed by atoms with van der Waals surface area (Å²) in [6.45, 7) is 4.29. The number of ketones is 2. The standard InChI is InChI=1S/C33H51N5O10S/c1-4-23(25(40)19-24(22(2)39)10-6-8-17-35-27(41)11-13-30(43)46-3)9-5-7-16-36-28(42)12-14-31(44)47-20-32-48-29(21-49-32)38-18-15-26(34)37-33(38)45/h15,18,23-24,29,32H,4-14,16-17,19-21H2,1-3H3,(H,35,41)(H,36,42)(H2,34,37,45). The van der Waals surface area contributed by atoms with Crippen molar-refractivity contribution in [2.75, 3.05) is 38.3 Å². The Morgan fingerprint density at radius 1 is 0.980 bits per heavy atom. The van der Waals surface area contributed by atoms with E-state index in [-0.39, 0.29) is 79.7 Å². The number of hydrogen-bond donors (Lipinski definition) is 3. The molecule has 1 aliphatic heterocycles. The van der Waals surface area contributed by atoms with Crippen LogP contribution >= 0.6 is 11.8 Å². The SMILES string of the molecule is CCC(CCCCNC(=O)CCC(=O)OCC1OC(n2ccc(N)nc2=O)CS1)C(=O)CC(CCCCNC(=O)CCC(=O)OC)C(C)=O. The summed E-state index contributed by atoms with van der Waals surface area (Å²) < 4.78 is 16.9. The maximum absolute atomic E-state index is 13.0. The van der Waals surface area contributed by atoms with Crippen LogP contribution < -0.4 is 22.1 Å². The molecule has 1 aromatic rings. The molecule has 2 heterocycles. The van der Waals surface area contributed by atoms with Gasteiger partial charge in [-0.15, -0.1) is 11.8 Å². The lowest BCUT2D eigenvalue weighted by molar-refractivity contribution is -0.148. The van der Waals surface area contributed by atoms with Gasteiger partial charge in [-0.1, -0.05) is 19.8 Å². The van der Waals surface area contributed by atoms with Crippen molar-refractivity contribution in [1.82, 2.24) is 20.2 Å². The fourth-order valence-corrected chi connectivity index (χ4v) is 6.19. The van der Waals surface area contributed by atoms with Crippen LogP contribution in [0, 0.1) is 11.8 Å². The molecule has 4 unspecified atom stereocenters. The normalized spacial score (nSPS) is 16.7. The van der Waals surface area contributed by atoms with Gasteiger partial charge in [0.1, 0.15) is 35.7 Å². The van der Waals surface area contributed by atoms with Gasteiger partial charge < -0.3 is 30.6 Å². The Bertz CT molecular complexity index is 1320. The van der Waals surface area contributed by atoms with Crippen LogP contribution in [-0.2, 0) is 43.0 Å². The molecule has 0 radical (unpaired) electrons. The number of nitrogen functional groups attached to an aromatic ring is 1. The molecule has 4 atom stereocenters. The zero-order valence-electron chi connectivity index (χ0n) is 28.7. The van der Waals surface area contributed by atoms with Gasteiger partial charge in [-0.25, -0.2) is 4.79 Å². The molecule has 0 aliphatic carbocycles. The molecule has 2 amide bonds. The van der Waals surface area contributed by atoms with Crippen LogP contribution in [0.3, 0.4) is 0 Å². The number of anilines is 1. The zero-order valence-corrected chi connectivity index (χ0v) is 29.6. The lowest BCUT2D eigenvalue weighted by atomic mass is 9.85. The van der Waals surface area contributed by atoms with E-state index in [0.29, 0.717) is 57.4 Å². The van der Waals surface area contributed by atoms with Crippen LogP contribution in [0.25, 0.3) is 0 Å². The number of hydrogen-bond acceptors (Lipinski definition) is 13. The molecule has 1 fully saturated rings. The number of Topliss-reactive ketones (excluding diaryl/α,β-unsaturated/α-hetero) is 2. The molecule has 1 aromatic heterocycles.